The molecule has 0 saturated heterocycles. The molecule has 8 heavy (non-hydrogen) atoms. The van der Waals surface area contributed by atoms with Crippen molar-refractivity contribution in [3.05, 3.63) is 11.6 Å². The molecule has 0 aliphatic carbocycles. The zero-order valence-corrected chi connectivity index (χ0v) is 6.08. The first kappa shape index (κ1) is 3.71. The fourth-order valence-corrected chi connectivity index (χ4v) is 0.650. The summed E-state index contributed by atoms with van der Waals surface area (Å²) in [4.78, 5) is 0. The summed E-state index contributed by atoms with van der Waals surface area (Å²) in [5.41, 5.74) is 0.434. The number of rotatable bonds is 0. The third-order valence-corrected chi connectivity index (χ3v) is 0.650. The molecule has 0 unspecified atom stereocenters. The van der Waals surface area contributed by atoms with Gasteiger partial charge in [0, 0.05) is 4.11 Å². The largest absolute Gasteiger partial charge is 0.0805 e. The van der Waals surface area contributed by atoms with E-state index in [4.69, 9.17) is 4.11 Å². The Hall–Kier alpha value is -0.260. The summed E-state index contributed by atoms with van der Waals surface area (Å²) in [5.74, 6) is 0. The van der Waals surface area contributed by atoms with E-state index < -0.39 is 6.85 Å². The second-order valence-corrected chi connectivity index (χ2v) is 3.19. The molecule has 0 aliphatic rings. The van der Waals surface area contributed by atoms with Gasteiger partial charge in [-0.1, -0.05) is 32.4 Å². The Morgan fingerprint density at radius 1 is 1.50 bits per heavy atom. The fourth-order valence-electron chi connectivity index (χ4n) is 0.650. The lowest BCUT2D eigenvalue weighted by Gasteiger charge is -2.11. The lowest BCUT2D eigenvalue weighted by Crippen LogP contribution is -1.99. The maximum atomic E-state index is 7.08. The zero-order valence-electron chi connectivity index (χ0n) is 9.08. The lowest BCUT2D eigenvalue weighted by atomic mass is 9.94. The lowest BCUT2D eigenvalue weighted by molar-refractivity contribution is 0.540. The Balaban J connectivity index is 4.49. The molecule has 0 heteroatoms. The van der Waals surface area contributed by atoms with Crippen LogP contribution in [0.4, 0.5) is 0 Å². The summed E-state index contributed by atoms with van der Waals surface area (Å²) in [6.45, 7) is 5.69. The Morgan fingerprint density at radius 3 is 2.12 bits per heavy atom. The Labute approximate surface area is 56.8 Å². The molecule has 0 saturated carbocycles. The second-order valence-electron chi connectivity index (χ2n) is 3.19. The van der Waals surface area contributed by atoms with Crippen molar-refractivity contribution in [1.82, 2.24) is 0 Å². The maximum absolute atomic E-state index is 7.08. The highest BCUT2D eigenvalue weighted by Gasteiger charge is 2.03. The Kier molecular flexibility index (Phi) is 1.08. The topological polar surface area (TPSA) is 0 Å². The quantitative estimate of drug-likeness (QED) is 0.426. The molecule has 0 atom stereocenters. The summed E-state index contributed by atoms with van der Waals surface area (Å²) in [5, 5.41) is 0. The molecule has 0 spiro atoms. The molecular weight excluding hydrogens is 96.1 g/mol. The molecule has 0 aliphatic heterocycles. The summed E-state index contributed by atoms with van der Waals surface area (Å²) in [6.07, 6.45) is 1.79. The van der Waals surface area contributed by atoms with Crippen molar-refractivity contribution in [2.45, 2.75) is 34.5 Å². The van der Waals surface area contributed by atoms with E-state index in [1.807, 2.05) is 20.8 Å². The summed E-state index contributed by atoms with van der Waals surface area (Å²) >= 11 is 0. The highest BCUT2D eigenvalue weighted by atomic mass is 14.1. The molecule has 0 radical (unpaired) electrons. The average molecular weight is 115 g/mol. The molecule has 0 heterocycles. The SMILES string of the molecule is [2H]C([2H])([2H])/C(C)=C/C(C)(C)C. The molecule has 0 rings (SSSR count). The van der Waals surface area contributed by atoms with Crippen molar-refractivity contribution in [3.8, 4) is 0 Å². The van der Waals surface area contributed by atoms with Gasteiger partial charge in [0.25, 0.3) is 0 Å². The van der Waals surface area contributed by atoms with E-state index in [2.05, 4.69) is 0 Å². The standard InChI is InChI=1S/C8H16/c1-7(2)6-8(3,4)5/h6H,1-5H3/i1D3/b7-6-. The van der Waals surface area contributed by atoms with Crippen LogP contribution in [0.25, 0.3) is 0 Å². The van der Waals surface area contributed by atoms with E-state index in [0.29, 0.717) is 5.57 Å². The van der Waals surface area contributed by atoms with Gasteiger partial charge in [0.2, 0.25) is 0 Å². The molecule has 0 fully saturated rings. The van der Waals surface area contributed by atoms with Gasteiger partial charge < -0.3 is 0 Å². The molecule has 0 aromatic carbocycles. The van der Waals surface area contributed by atoms with Gasteiger partial charge in [-0.25, -0.2) is 0 Å². The maximum Gasteiger partial charge on any atom is 0.0276 e. The van der Waals surface area contributed by atoms with Gasteiger partial charge in [-0.05, 0) is 19.2 Å². The van der Waals surface area contributed by atoms with Crippen molar-refractivity contribution >= 4 is 0 Å². The molecular formula is C8H16. The predicted molar refractivity (Wildman–Crippen MR) is 38.9 cm³/mol. The van der Waals surface area contributed by atoms with E-state index in [1.165, 1.54) is 0 Å². The van der Waals surface area contributed by atoms with Crippen LogP contribution in [0.15, 0.2) is 11.6 Å². The molecule has 0 amide bonds. The van der Waals surface area contributed by atoms with E-state index in [1.54, 1.807) is 13.0 Å². The van der Waals surface area contributed by atoms with Crippen molar-refractivity contribution < 1.29 is 4.11 Å². The molecule has 0 N–H and O–H groups in total. The second kappa shape index (κ2) is 2.34. The van der Waals surface area contributed by atoms with Crippen molar-refractivity contribution in [3.63, 3.8) is 0 Å². The molecule has 0 aromatic rings. The smallest absolute Gasteiger partial charge is 0.0276 e. The van der Waals surface area contributed by atoms with Crippen LogP contribution < -0.4 is 0 Å². The van der Waals surface area contributed by atoms with E-state index in [-0.39, 0.29) is 5.41 Å². The minimum absolute atomic E-state index is 0.0432. The minimum Gasteiger partial charge on any atom is -0.0805 e. The number of allylic oxidation sites excluding steroid dienone is 2. The van der Waals surface area contributed by atoms with Gasteiger partial charge in [-0.2, -0.15) is 0 Å². The minimum atomic E-state index is -1.92. The highest BCUT2D eigenvalue weighted by molar-refractivity contribution is 5.00. The first-order valence-electron chi connectivity index (χ1n) is 4.33. The fraction of sp³-hybridized carbons (Fsp3) is 0.750. The van der Waals surface area contributed by atoms with Gasteiger partial charge in [-0.15, -0.1) is 0 Å². The first-order valence-corrected chi connectivity index (χ1v) is 2.83. The van der Waals surface area contributed by atoms with Crippen molar-refractivity contribution in [2.24, 2.45) is 5.41 Å². The van der Waals surface area contributed by atoms with Crippen LogP contribution in [0, 0.1) is 5.41 Å². The molecule has 0 aromatic heterocycles. The first-order chi connectivity index (χ1) is 4.63. The zero-order chi connectivity index (χ0) is 9.28. The van der Waals surface area contributed by atoms with E-state index in [0.717, 1.165) is 0 Å². The molecule has 48 valence electrons. The van der Waals surface area contributed by atoms with E-state index >= 15 is 0 Å². The van der Waals surface area contributed by atoms with Crippen LogP contribution >= 0.6 is 0 Å². The predicted octanol–water partition coefficient (Wildman–Crippen LogP) is 3.00. The number of hydrogen-bond acceptors (Lipinski definition) is 0. The van der Waals surface area contributed by atoms with Crippen molar-refractivity contribution in [2.75, 3.05) is 0 Å². The van der Waals surface area contributed by atoms with Crippen LogP contribution in [0.5, 0.6) is 0 Å². The Bertz CT molecular complexity index is 157. The number of hydrogen-bond donors (Lipinski definition) is 0. The Morgan fingerprint density at radius 2 is 2.00 bits per heavy atom. The van der Waals surface area contributed by atoms with Crippen LogP contribution in [0.2, 0.25) is 0 Å². The van der Waals surface area contributed by atoms with Crippen LogP contribution in [-0.4, -0.2) is 0 Å². The van der Waals surface area contributed by atoms with Gasteiger partial charge in [0.05, 0.1) is 0 Å². The summed E-state index contributed by atoms with van der Waals surface area (Å²) in [7, 11) is 0. The van der Waals surface area contributed by atoms with Crippen LogP contribution in [-0.2, 0) is 0 Å². The average Bonchev–Trinajstić information content (AvgIpc) is 1.56. The van der Waals surface area contributed by atoms with Gasteiger partial charge >= 0.3 is 0 Å². The third-order valence-electron chi connectivity index (χ3n) is 0.650. The normalized spacial score (nSPS) is 21.5. The van der Waals surface area contributed by atoms with Crippen LogP contribution in [0.1, 0.15) is 38.7 Å². The highest BCUT2D eigenvalue weighted by Crippen LogP contribution is 2.16. The van der Waals surface area contributed by atoms with Gasteiger partial charge in [0.1, 0.15) is 0 Å². The van der Waals surface area contributed by atoms with Crippen LogP contribution in [0.3, 0.4) is 0 Å². The van der Waals surface area contributed by atoms with Crippen molar-refractivity contribution in [1.29, 1.82) is 0 Å². The summed E-state index contributed by atoms with van der Waals surface area (Å²) in [6, 6.07) is 0. The van der Waals surface area contributed by atoms with E-state index in [9.17, 15) is 0 Å². The third kappa shape index (κ3) is 5.74. The monoisotopic (exact) mass is 115 g/mol. The molecule has 0 bridgehead atoms. The molecule has 0 nitrogen and oxygen atoms in total. The van der Waals surface area contributed by atoms with Gasteiger partial charge in [0.15, 0.2) is 0 Å². The van der Waals surface area contributed by atoms with Gasteiger partial charge in [-0.3, -0.25) is 0 Å². The summed E-state index contributed by atoms with van der Waals surface area (Å²) < 4.78 is 21.2.